The number of carbonyl (C=O) groups is 1. The maximum atomic E-state index is 10.9. The van der Waals surface area contributed by atoms with E-state index in [2.05, 4.69) is 16.7 Å². The van der Waals surface area contributed by atoms with Gasteiger partial charge in [-0.05, 0) is 31.2 Å². The van der Waals surface area contributed by atoms with Crippen LogP contribution in [0.1, 0.15) is 23.7 Å². The molecule has 0 atom stereocenters. The maximum Gasteiger partial charge on any atom is 0.335 e. The first-order chi connectivity index (χ1) is 9.11. The molecule has 1 N–H and O–H groups in total. The normalized spacial score (nSPS) is 16.6. The van der Waals surface area contributed by atoms with Gasteiger partial charge in [0.2, 0.25) is 0 Å². The van der Waals surface area contributed by atoms with Crippen LogP contribution in [-0.4, -0.2) is 48.7 Å². The first kappa shape index (κ1) is 14.2. The molecular weight excluding hydrogens is 264 g/mol. The van der Waals surface area contributed by atoms with Crippen LogP contribution in [0, 0.1) is 0 Å². The lowest BCUT2D eigenvalue weighted by Crippen LogP contribution is -2.46. The first-order valence-corrected chi connectivity index (χ1v) is 6.99. The van der Waals surface area contributed by atoms with Gasteiger partial charge in [-0.25, -0.2) is 4.79 Å². The minimum absolute atomic E-state index is 0.235. The number of halogens is 1. The Morgan fingerprint density at radius 2 is 2.00 bits per heavy atom. The Balaban J connectivity index is 2.05. The highest BCUT2D eigenvalue weighted by atomic mass is 35.5. The number of aromatic carboxylic acids is 1. The van der Waals surface area contributed by atoms with Crippen molar-refractivity contribution in [2.45, 2.75) is 13.3 Å². The molecule has 1 fully saturated rings. The van der Waals surface area contributed by atoms with Gasteiger partial charge < -0.3 is 10.0 Å². The quantitative estimate of drug-likeness (QED) is 0.922. The largest absolute Gasteiger partial charge is 0.478 e. The van der Waals surface area contributed by atoms with Gasteiger partial charge in [-0.1, -0.05) is 18.5 Å². The second kappa shape index (κ2) is 6.26. The van der Waals surface area contributed by atoms with E-state index in [9.17, 15) is 4.79 Å². The molecule has 2 rings (SSSR count). The van der Waals surface area contributed by atoms with Gasteiger partial charge in [-0.15, -0.1) is 0 Å². The molecule has 0 spiro atoms. The van der Waals surface area contributed by atoms with Crippen molar-refractivity contribution in [2.75, 3.05) is 37.6 Å². The number of carboxylic acids is 1. The molecule has 4 nitrogen and oxygen atoms in total. The van der Waals surface area contributed by atoms with Crippen molar-refractivity contribution in [3.05, 3.63) is 28.8 Å². The fraction of sp³-hybridized carbons (Fsp3) is 0.500. The highest BCUT2D eigenvalue weighted by molar-refractivity contribution is 6.33. The lowest BCUT2D eigenvalue weighted by Gasteiger charge is -2.36. The van der Waals surface area contributed by atoms with E-state index < -0.39 is 5.97 Å². The molecule has 0 bridgehead atoms. The van der Waals surface area contributed by atoms with Crippen molar-refractivity contribution in [1.29, 1.82) is 0 Å². The second-order valence-electron chi connectivity index (χ2n) is 4.80. The standard InChI is InChI=1S/C14H19ClN2O2/c1-2-5-16-6-8-17(9-7-16)13-4-3-11(14(18)19)10-12(13)15/h3-4,10H,2,5-9H2,1H3,(H,18,19). The van der Waals surface area contributed by atoms with Gasteiger partial charge in [0.05, 0.1) is 16.3 Å². The molecule has 19 heavy (non-hydrogen) atoms. The van der Waals surface area contributed by atoms with Crippen LogP contribution in [0.25, 0.3) is 0 Å². The number of benzene rings is 1. The maximum absolute atomic E-state index is 10.9. The number of hydrogen-bond acceptors (Lipinski definition) is 3. The monoisotopic (exact) mass is 282 g/mol. The van der Waals surface area contributed by atoms with E-state index in [4.69, 9.17) is 16.7 Å². The molecule has 0 radical (unpaired) electrons. The second-order valence-corrected chi connectivity index (χ2v) is 5.21. The van der Waals surface area contributed by atoms with Gasteiger partial charge in [0, 0.05) is 26.2 Å². The van der Waals surface area contributed by atoms with Gasteiger partial charge in [0.15, 0.2) is 0 Å². The van der Waals surface area contributed by atoms with E-state index >= 15 is 0 Å². The van der Waals surface area contributed by atoms with Gasteiger partial charge >= 0.3 is 5.97 Å². The van der Waals surface area contributed by atoms with Gasteiger partial charge in [0.25, 0.3) is 0 Å². The number of carboxylic acid groups (broad SMARTS) is 1. The van der Waals surface area contributed by atoms with Crippen LogP contribution in [0.15, 0.2) is 18.2 Å². The van der Waals surface area contributed by atoms with Crippen LogP contribution < -0.4 is 4.90 Å². The summed E-state index contributed by atoms with van der Waals surface area (Å²) in [5.41, 5.74) is 1.17. The fourth-order valence-electron chi connectivity index (χ4n) is 2.42. The predicted molar refractivity (Wildman–Crippen MR) is 77.4 cm³/mol. The minimum Gasteiger partial charge on any atom is -0.478 e. The molecule has 0 amide bonds. The van der Waals surface area contributed by atoms with Crippen LogP contribution in [0.3, 0.4) is 0 Å². The summed E-state index contributed by atoms with van der Waals surface area (Å²) >= 11 is 6.19. The summed E-state index contributed by atoms with van der Waals surface area (Å²) in [6.45, 7) is 7.27. The zero-order valence-corrected chi connectivity index (χ0v) is 11.9. The Morgan fingerprint density at radius 1 is 1.32 bits per heavy atom. The molecule has 104 valence electrons. The van der Waals surface area contributed by atoms with Crippen molar-refractivity contribution in [3.8, 4) is 0 Å². The summed E-state index contributed by atoms with van der Waals surface area (Å²) in [5, 5.41) is 9.44. The summed E-state index contributed by atoms with van der Waals surface area (Å²) in [4.78, 5) is 15.5. The molecule has 0 aromatic heterocycles. The Labute approximate surface area is 118 Å². The fourth-order valence-corrected chi connectivity index (χ4v) is 2.73. The summed E-state index contributed by atoms with van der Waals surface area (Å²) in [7, 11) is 0. The zero-order chi connectivity index (χ0) is 13.8. The molecule has 1 aromatic rings. The van der Waals surface area contributed by atoms with Crippen LogP contribution in [0.2, 0.25) is 5.02 Å². The smallest absolute Gasteiger partial charge is 0.335 e. The van der Waals surface area contributed by atoms with E-state index in [1.165, 1.54) is 12.5 Å². The molecular formula is C14H19ClN2O2. The van der Waals surface area contributed by atoms with Crippen molar-refractivity contribution < 1.29 is 9.90 Å². The molecule has 0 saturated carbocycles. The van der Waals surface area contributed by atoms with Crippen LogP contribution in [-0.2, 0) is 0 Å². The third-order valence-corrected chi connectivity index (χ3v) is 3.75. The zero-order valence-electron chi connectivity index (χ0n) is 11.1. The number of piperazine rings is 1. The molecule has 5 heteroatoms. The van der Waals surface area contributed by atoms with Crippen LogP contribution in [0.4, 0.5) is 5.69 Å². The molecule has 0 unspecified atom stereocenters. The SMILES string of the molecule is CCCN1CCN(c2ccc(C(=O)O)cc2Cl)CC1. The van der Waals surface area contributed by atoms with Crippen LogP contribution >= 0.6 is 11.6 Å². The van der Waals surface area contributed by atoms with E-state index in [0.29, 0.717) is 5.02 Å². The van der Waals surface area contributed by atoms with Crippen molar-refractivity contribution in [3.63, 3.8) is 0 Å². The third-order valence-electron chi connectivity index (χ3n) is 3.45. The number of rotatable bonds is 4. The summed E-state index contributed by atoms with van der Waals surface area (Å²) < 4.78 is 0. The molecule has 1 aliphatic rings. The highest BCUT2D eigenvalue weighted by Crippen LogP contribution is 2.27. The topological polar surface area (TPSA) is 43.8 Å². The lowest BCUT2D eigenvalue weighted by atomic mass is 10.1. The van der Waals surface area contributed by atoms with E-state index in [1.807, 2.05) is 0 Å². The van der Waals surface area contributed by atoms with Crippen molar-refractivity contribution >= 4 is 23.3 Å². The predicted octanol–water partition coefficient (Wildman–Crippen LogP) is 2.57. The molecule has 1 aromatic carbocycles. The Morgan fingerprint density at radius 3 is 2.53 bits per heavy atom. The third kappa shape index (κ3) is 3.39. The van der Waals surface area contributed by atoms with Gasteiger partial charge in [-0.3, -0.25) is 4.90 Å². The average molecular weight is 283 g/mol. The lowest BCUT2D eigenvalue weighted by molar-refractivity contribution is 0.0697. The number of hydrogen-bond donors (Lipinski definition) is 1. The Bertz CT molecular complexity index is 457. The van der Waals surface area contributed by atoms with E-state index in [1.54, 1.807) is 12.1 Å². The van der Waals surface area contributed by atoms with Gasteiger partial charge in [0.1, 0.15) is 0 Å². The van der Waals surface area contributed by atoms with E-state index in [-0.39, 0.29) is 5.56 Å². The van der Waals surface area contributed by atoms with Crippen molar-refractivity contribution in [1.82, 2.24) is 4.90 Å². The molecule has 1 saturated heterocycles. The molecule has 1 heterocycles. The summed E-state index contributed by atoms with van der Waals surface area (Å²) in [6, 6.07) is 4.95. The first-order valence-electron chi connectivity index (χ1n) is 6.62. The summed E-state index contributed by atoms with van der Waals surface area (Å²) in [5.74, 6) is -0.943. The highest BCUT2D eigenvalue weighted by Gasteiger charge is 2.19. The average Bonchev–Trinajstić information content (AvgIpc) is 2.40. The number of nitrogens with zero attached hydrogens (tertiary/aromatic N) is 2. The van der Waals surface area contributed by atoms with Gasteiger partial charge in [-0.2, -0.15) is 0 Å². The number of anilines is 1. The Kier molecular flexibility index (Phi) is 4.66. The summed E-state index contributed by atoms with van der Waals surface area (Å²) in [6.07, 6.45) is 1.17. The molecule has 0 aliphatic carbocycles. The Hall–Kier alpha value is -1.26. The van der Waals surface area contributed by atoms with Crippen LogP contribution in [0.5, 0.6) is 0 Å². The molecule has 1 aliphatic heterocycles. The van der Waals surface area contributed by atoms with Crippen molar-refractivity contribution in [2.24, 2.45) is 0 Å². The van der Waals surface area contributed by atoms with E-state index in [0.717, 1.165) is 38.4 Å². The minimum atomic E-state index is -0.943.